The van der Waals surface area contributed by atoms with E-state index in [1.54, 1.807) is 0 Å². The summed E-state index contributed by atoms with van der Waals surface area (Å²) in [5.41, 5.74) is 1.90. The van der Waals surface area contributed by atoms with Crippen LogP contribution in [-0.2, 0) is 6.18 Å². The second-order valence-electron chi connectivity index (χ2n) is 6.03. The molecule has 0 aromatic heterocycles. The summed E-state index contributed by atoms with van der Waals surface area (Å²) in [6.07, 6.45) is -1.50. The molecule has 0 radical (unpaired) electrons. The van der Waals surface area contributed by atoms with Gasteiger partial charge in [0.2, 0.25) is 0 Å². The molecule has 2 atom stereocenters. The second kappa shape index (κ2) is 8.34. The van der Waals surface area contributed by atoms with Gasteiger partial charge in [0.05, 0.1) is 11.7 Å². The lowest BCUT2D eigenvalue weighted by Gasteiger charge is -2.23. The molecule has 0 spiro atoms. The zero-order valence-corrected chi connectivity index (χ0v) is 14.4. The molecule has 1 nitrogen and oxygen atoms in total. The Morgan fingerprint density at radius 1 is 0.920 bits per heavy atom. The van der Waals surface area contributed by atoms with Crippen molar-refractivity contribution in [1.29, 1.82) is 0 Å². The van der Waals surface area contributed by atoms with E-state index in [-0.39, 0.29) is 5.92 Å². The fourth-order valence-electron chi connectivity index (χ4n) is 2.86. The third kappa shape index (κ3) is 4.95. The number of aliphatic hydroxyl groups excluding tert-OH is 1. The maximum atomic E-state index is 12.8. The molecule has 2 rings (SSSR count). The van der Waals surface area contributed by atoms with E-state index < -0.39 is 17.8 Å². The Morgan fingerprint density at radius 3 is 1.96 bits per heavy atom. The summed E-state index contributed by atoms with van der Waals surface area (Å²) in [5, 5.41) is 10.8. The van der Waals surface area contributed by atoms with Crippen LogP contribution in [0.4, 0.5) is 13.2 Å². The Balaban J connectivity index is 2.43. The summed E-state index contributed by atoms with van der Waals surface area (Å²) < 4.78 is 38.4. The van der Waals surface area contributed by atoms with Gasteiger partial charge >= 0.3 is 6.18 Å². The number of aliphatic hydroxyl groups is 1. The van der Waals surface area contributed by atoms with Gasteiger partial charge in [-0.15, -0.1) is 0 Å². The largest absolute Gasteiger partial charge is 0.416 e. The molecule has 0 saturated carbocycles. The van der Waals surface area contributed by atoms with Gasteiger partial charge in [-0.3, -0.25) is 0 Å². The van der Waals surface area contributed by atoms with Crippen LogP contribution in [0.15, 0.2) is 66.2 Å². The van der Waals surface area contributed by atoms with Crippen molar-refractivity contribution >= 4 is 0 Å². The van der Waals surface area contributed by atoms with Gasteiger partial charge in [0.25, 0.3) is 0 Å². The Hall–Kier alpha value is -2.07. The minimum atomic E-state index is -4.36. The minimum absolute atomic E-state index is 0.389. The smallest absolute Gasteiger partial charge is 0.387 e. The molecule has 2 aromatic carbocycles. The number of hydrogen-bond donors (Lipinski definition) is 1. The number of halogens is 3. The van der Waals surface area contributed by atoms with Gasteiger partial charge in [-0.05, 0) is 36.1 Å². The molecule has 134 valence electrons. The highest BCUT2D eigenvalue weighted by molar-refractivity contribution is 5.34. The zero-order valence-electron chi connectivity index (χ0n) is 14.4. The third-order valence-corrected chi connectivity index (χ3v) is 4.43. The van der Waals surface area contributed by atoms with E-state index in [1.165, 1.54) is 17.7 Å². The van der Waals surface area contributed by atoms with Crippen molar-refractivity contribution in [3.8, 4) is 0 Å². The summed E-state index contributed by atoms with van der Waals surface area (Å²) in [7, 11) is 0. The molecule has 0 fully saturated rings. The van der Waals surface area contributed by atoms with Crippen LogP contribution in [-0.4, -0.2) is 5.11 Å². The average Bonchev–Trinajstić information content (AvgIpc) is 2.62. The number of benzene rings is 2. The normalized spacial score (nSPS) is 14.0. The van der Waals surface area contributed by atoms with Gasteiger partial charge in [-0.2, -0.15) is 13.2 Å². The molecule has 0 aliphatic heterocycles. The van der Waals surface area contributed by atoms with Crippen LogP contribution in [0, 0.1) is 0 Å². The molecule has 1 N–H and O–H groups in total. The zero-order chi connectivity index (χ0) is 18.4. The predicted octanol–water partition coefficient (Wildman–Crippen LogP) is 6.27. The van der Waals surface area contributed by atoms with Gasteiger partial charge < -0.3 is 5.11 Å². The van der Waals surface area contributed by atoms with Crippen molar-refractivity contribution in [3.05, 3.63) is 82.9 Å². The van der Waals surface area contributed by atoms with Crippen LogP contribution >= 0.6 is 0 Å². The first-order valence-electron chi connectivity index (χ1n) is 8.46. The lowest BCUT2D eigenvalue weighted by atomic mass is 9.86. The summed E-state index contributed by atoms with van der Waals surface area (Å²) in [6, 6.07) is 14.3. The maximum Gasteiger partial charge on any atom is 0.416 e. The van der Waals surface area contributed by atoms with Gasteiger partial charge in [-0.25, -0.2) is 0 Å². The molecular weight excluding hydrogens is 325 g/mol. The molecule has 4 heteroatoms. The van der Waals surface area contributed by atoms with Crippen molar-refractivity contribution in [1.82, 2.24) is 0 Å². The number of allylic oxidation sites excluding steroid dienone is 1. The van der Waals surface area contributed by atoms with Crippen LogP contribution < -0.4 is 0 Å². The molecule has 0 heterocycles. The minimum Gasteiger partial charge on any atom is -0.387 e. The van der Waals surface area contributed by atoms with E-state index >= 15 is 0 Å². The molecule has 0 aliphatic rings. The number of rotatable bonds is 6. The van der Waals surface area contributed by atoms with E-state index in [2.05, 4.69) is 0 Å². The van der Waals surface area contributed by atoms with Crippen molar-refractivity contribution in [2.75, 3.05) is 0 Å². The molecule has 0 amide bonds. The van der Waals surface area contributed by atoms with E-state index in [9.17, 15) is 18.3 Å². The second-order valence-corrected chi connectivity index (χ2v) is 6.03. The Bertz CT molecular complexity index is 681. The molecule has 0 bridgehead atoms. The Labute approximate surface area is 146 Å². The van der Waals surface area contributed by atoms with E-state index in [4.69, 9.17) is 0 Å². The average molecular weight is 348 g/mol. The van der Waals surface area contributed by atoms with Crippen LogP contribution in [0.25, 0.3) is 0 Å². The standard InChI is InChI=1S/C21H23F3O/c1-3-15(4-2)14-19(20(25)17-8-6-5-7-9-17)16-10-12-18(13-11-16)21(22,23)24/h5-14,19-20,25H,3-4H2,1-2H3. The summed E-state index contributed by atoms with van der Waals surface area (Å²) in [5.74, 6) is -0.389. The molecule has 2 unspecified atom stereocenters. The van der Waals surface area contributed by atoms with Crippen LogP contribution in [0.3, 0.4) is 0 Å². The first-order valence-corrected chi connectivity index (χ1v) is 8.46. The molecule has 25 heavy (non-hydrogen) atoms. The number of alkyl halides is 3. The lowest BCUT2D eigenvalue weighted by molar-refractivity contribution is -0.137. The highest BCUT2D eigenvalue weighted by Gasteiger charge is 2.30. The quantitative estimate of drug-likeness (QED) is 0.610. The first-order chi connectivity index (χ1) is 11.9. The van der Waals surface area contributed by atoms with Crippen molar-refractivity contribution in [2.24, 2.45) is 0 Å². The van der Waals surface area contributed by atoms with Crippen molar-refractivity contribution < 1.29 is 18.3 Å². The highest BCUT2D eigenvalue weighted by Crippen LogP contribution is 2.36. The Kier molecular flexibility index (Phi) is 6.43. The predicted molar refractivity (Wildman–Crippen MR) is 94.3 cm³/mol. The van der Waals surface area contributed by atoms with Crippen LogP contribution in [0.2, 0.25) is 0 Å². The molecule has 0 aliphatic carbocycles. The van der Waals surface area contributed by atoms with Crippen molar-refractivity contribution in [3.63, 3.8) is 0 Å². The van der Waals surface area contributed by atoms with E-state index in [0.29, 0.717) is 5.56 Å². The molecular formula is C21H23F3O. The van der Waals surface area contributed by atoms with Crippen LogP contribution in [0.1, 0.15) is 55.4 Å². The number of hydrogen-bond acceptors (Lipinski definition) is 1. The van der Waals surface area contributed by atoms with E-state index in [0.717, 1.165) is 30.5 Å². The van der Waals surface area contributed by atoms with Gasteiger partial charge in [0.1, 0.15) is 0 Å². The Morgan fingerprint density at radius 2 is 1.48 bits per heavy atom. The topological polar surface area (TPSA) is 20.2 Å². The summed E-state index contributed by atoms with van der Waals surface area (Å²) >= 11 is 0. The fraction of sp³-hybridized carbons (Fsp3) is 0.333. The van der Waals surface area contributed by atoms with Gasteiger partial charge in [0, 0.05) is 5.92 Å². The molecule has 2 aromatic rings. The fourth-order valence-corrected chi connectivity index (χ4v) is 2.86. The molecule has 0 saturated heterocycles. The summed E-state index contributed by atoms with van der Waals surface area (Å²) in [4.78, 5) is 0. The van der Waals surface area contributed by atoms with Gasteiger partial charge in [0.15, 0.2) is 0 Å². The van der Waals surface area contributed by atoms with Crippen molar-refractivity contribution in [2.45, 2.75) is 44.9 Å². The third-order valence-electron chi connectivity index (χ3n) is 4.43. The monoisotopic (exact) mass is 348 g/mol. The van der Waals surface area contributed by atoms with E-state index in [1.807, 2.05) is 50.3 Å². The van der Waals surface area contributed by atoms with Crippen LogP contribution in [0.5, 0.6) is 0 Å². The summed E-state index contributed by atoms with van der Waals surface area (Å²) in [6.45, 7) is 4.07. The first kappa shape index (κ1) is 19.3. The maximum absolute atomic E-state index is 12.8. The lowest BCUT2D eigenvalue weighted by Crippen LogP contribution is -2.11. The highest BCUT2D eigenvalue weighted by atomic mass is 19.4. The van der Waals surface area contributed by atoms with Gasteiger partial charge in [-0.1, -0.05) is 68.0 Å². The SMILES string of the molecule is CCC(=CC(c1ccc(C(F)(F)F)cc1)C(O)c1ccccc1)CC.